The molecule has 3 fully saturated rings. The van der Waals surface area contributed by atoms with Gasteiger partial charge in [0.1, 0.15) is 6.10 Å². The van der Waals surface area contributed by atoms with Crippen LogP contribution in [-0.4, -0.2) is 35.5 Å². The molecular formula is C16H22O4. The van der Waals surface area contributed by atoms with E-state index >= 15 is 0 Å². The predicted octanol–water partition coefficient (Wildman–Crippen LogP) is 1.67. The fraction of sp³-hybridized carbons (Fsp3) is 0.812. The first-order valence-corrected chi connectivity index (χ1v) is 7.61. The molecule has 4 aliphatic rings. The number of fused-ring (bicyclic) bond motifs is 3. The highest BCUT2D eigenvalue weighted by Gasteiger charge is 2.72. The van der Waals surface area contributed by atoms with E-state index in [4.69, 9.17) is 9.47 Å². The topological polar surface area (TPSA) is 59.1 Å². The number of esters is 1. The number of allylic oxidation sites excluding steroid dienone is 1. The standard InChI is InChI=1S/C16H22O4/c1-8-6-11-12(16(7-19-16)14(18)20-11)13(17)15(3)9(2)4-5-10(8)15/h4,8,10-13,17H,5-7H2,1-3H3. The molecule has 110 valence electrons. The van der Waals surface area contributed by atoms with Crippen molar-refractivity contribution in [3.05, 3.63) is 11.6 Å². The van der Waals surface area contributed by atoms with Crippen LogP contribution in [0.2, 0.25) is 0 Å². The summed E-state index contributed by atoms with van der Waals surface area (Å²) in [5.41, 5.74) is 0.147. The second kappa shape index (κ2) is 3.66. The zero-order valence-corrected chi connectivity index (χ0v) is 12.3. The average molecular weight is 278 g/mol. The molecule has 2 heterocycles. The summed E-state index contributed by atoms with van der Waals surface area (Å²) in [5, 5.41) is 11.1. The van der Waals surface area contributed by atoms with Crippen LogP contribution in [0.1, 0.15) is 33.6 Å². The van der Waals surface area contributed by atoms with Gasteiger partial charge in [0.2, 0.25) is 0 Å². The Hall–Kier alpha value is -0.870. The summed E-state index contributed by atoms with van der Waals surface area (Å²) in [4.78, 5) is 12.1. The van der Waals surface area contributed by atoms with Crippen molar-refractivity contribution < 1.29 is 19.4 Å². The highest BCUT2D eigenvalue weighted by molar-refractivity contribution is 5.85. The lowest BCUT2D eigenvalue weighted by atomic mass is 9.65. The van der Waals surface area contributed by atoms with E-state index in [-0.39, 0.29) is 23.4 Å². The van der Waals surface area contributed by atoms with Crippen molar-refractivity contribution in [3.8, 4) is 0 Å². The average Bonchev–Trinajstić information content (AvgIpc) is 3.07. The molecule has 0 bridgehead atoms. The van der Waals surface area contributed by atoms with Gasteiger partial charge in [-0.15, -0.1) is 0 Å². The number of aliphatic hydroxyl groups excluding tert-OH is 1. The minimum Gasteiger partial charge on any atom is -0.460 e. The molecular weight excluding hydrogens is 256 g/mol. The molecule has 7 atom stereocenters. The van der Waals surface area contributed by atoms with E-state index in [2.05, 4.69) is 26.8 Å². The number of rotatable bonds is 0. The molecule has 7 unspecified atom stereocenters. The molecule has 0 amide bonds. The van der Waals surface area contributed by atoms with Gasteiger partial charge in [0.15, 0.2) is 5.60 Å². The van der Waals surface area contributed by atoms with Crippen LogP contribution in [0.15, 0.2) is 11.6 Å². The summed E-state index contributed by atoms with van der Waals surface area (Å²) in [7, 11) is 0. The maximum atomic E-state index is 12.1. The minimum atomic E-state index is -0.843. The summed E-state index contributed by atoms with van der Waals surface area (Å²) in [5.74, 6) is 0.381. The first-order chi connectivity index (χ1) is 9.41. The van der Waals surface area contributed by atoms with Crippen molar-refractivity contribution in [3.63, 3.8) is 0 Å². The molecule has 1 saturated carbocycles. The lowest BCUT2D eigenvalue weighted by Crippen LogP contribution is -2.48. The number of hydrogen-bond donors (Lipinski definition) is 1. The van der Waals surface area contributed by atoms with Crippen LogP contribution >= 0.6 is 0 Å². The molecule has 4 heteroatoms. The predicted molar refractivity (Wildman–Crippen MR) is 71.8 cm³/mol. The Morgan fingerprint density at radius 3 is 2.80 bits per heavy atom. The summed E-state index contributed by atoms with van der Waals surface area (Å²) in [6.07, 6.45) is 3.34. The summed E-state index contributed by atoms with van der Waals surface area (Å²) < 4.78 is 11.0. The molecule has 2 saturated heterocycles. The van der Waals surface area contributed by atoms with Crippen molar-refractivity contribution in [2.75, 3.05) is 6.61 Å². The third-order valence-electron chi connectivity index (χ3n) is 6.54. The van der Waals surface area contributed by atoms with Crippen molar-refractivity contribution in [2.45, 2.75) is 51.4 Å². The fourth-order valence-electron chi connectivity index (χ4n) is 5.03. The Bertz CT molecular complexity index is 507. The van der Waals surface area contributed by atoms with Crippen LogP contribution in [0.4, 0.5) is 0 Å². The zero-order valence-electron chi connectivity index (χ0n) is 12.3. The van der Waals surface area contributed by atoms with E-state index in [1.807, 2.05) is 0 Å². The molecule has 1 spiro atoms. The monoisotopic (exact) mass is 278 g/mol. The Labute approximate surface area is 119 Å². The SMILES string of the molecule is CC1=CCC2C(C)CC3OC(=O)C4(CO4)C3C(O)C12C. The van der Waals surface area contributed by atoms with Gasteiger partial charge in [0.25, 0.3) is 0 Å². The second-order valence-electron chi connectivity index (χ2n) is 7.32. The summed E-state index contributed by atoms with van der Waals surface area (Å²) in [6.45, 7) is 6.88. The van der Waals surface area contributed by atoms with Gasteiger partial charge in [-0.25, -0.2) is 4.79 Å². The van der Waals surface area contributed by atoms with E-state index in [1.54, 1.807) is 0 Å². The van der Waals surface area contributed by atoms with Crippen molar-refractivity contribution in [1.29, 1.82) is 0 Å². The van der Waals surface area contributed by atoms with Crippen LogP contribution in [0, 0.1) is 23.2 Å². The smallest absolute Gasteiger partial charge is 0.341 e. The van der Waals surface area contributed by atoms with Gasteiger partial charge in [-0.1, -0.05) is 25.5 Å². The normalized spacial score (nSPS) is 56.9. The third kappa shape index (κ3) is 1.27. The molecule has 2 aliphatic carbocycles. The van der Waals surface area contributed by atoms with Crippen LogP contribution in [0.3, 0.4) is 0 Å². The maximum absolute atomic E-state index is 12.1. The zero-order chi connectivity index (χ0) is 14.3. The van der Waals surface area contributed by atoms with Gasteiger partial charge in [-0.05, 0) is 31.6 Å². The van der Waals surface area contributed by atoms with E-state index < -0.39 is 11.7 Å². The van der Waals surface area contributed by atoms with Gasteiger partial charge in [0, 0.05) is 5.41 Å². The van der Waals surface area contributed by atoms with E-state index in [1.165, 1.54) is 5.57 Å². The Morgan fingerprint density at radius 1 is 1.45 bits per heavy atom. The molecule has 0 radical (unpaired) electrons. The third-order valence-corrected chi connectivity index (χ3v) is 6.54. The number of ether oxygens (including phenoxy) is 2. The quantitative estimate of drug-likeness (QED) is 0.416. The van der Waals surface area contributed by atoms with Crippen molar-refractivity contribution in [1.82, 2.24) is 0 Å². The Kier molecular flexibility index (Phi) is 2.35. The molecule has 1 N–H and O–H groups in total. The number of carbonyl (C=O) groups is 1. The first kappa shape index (κ1) is 12.8. The van der Waals surface area contributed by atoms with Gasteiger partial charge < -0.3 is 14.6 Å². The largest absolute Gasteiger partial charge is 0.460 e. The maximum Gasteiger partial charge on any atom is 0.341 e. The number of carbonyl (C=O) groups excluding carboxylic acids is 1. The first-order valence-electron chi connectivity index (χ1n) is 7.61. The van der Waals surface area contributed by atoms with Gasteiger partial charge in [-0.3, -0.25) is 0 Å². The lowest BCUT2D eigenvalue weighted by molar-refractivity contribution is -0.145. The van der Waals surface area contributed by atoms with E-state index in [0.29, 0.717) is 18.4 Å². The van der Waals surface area contributed by atoms with Gasteiger partial charge in [0.05, 0.1) is 18.6 Å². The second-order valence-corrected chi connectivity index (χ2v) is 7.32. The Balaban J connectivity index is 1.81. The number of epoxide rings is 1. The molecule has 4 nitrogen and oxygen atoms in total. The highest BCUT2D eigenvalue weighted by atomic mass is 16.7. The summed E-state index contributed by atoms with van der Waals surface area (Å²) >= 11 is 0. The fourth-order valence-corrected chi connectivity index (χ4v) is 5.03. The van der Waals surface area contributed by atoms with E-state index in [9.17, 15) is 9.90 Å². The Morgan fingerprint density at radius 2 is 2.15 bits per heavy atom. The summed E-state index contributed by atoms with van der Waals surface area (Å²) in [6, 6.07) is 0. The van der Waals surface area contributed by atoms with Crippen LogP contribution in [0.5, 0.6) is 0 Å². The molecule has 0 aromatic heterocycles. The van der Waals surface area contributed by atoms with Crippen molar-refractivity contribution >= 4 is 5.97 Å². The number of aliphatic hydroxyl groups is 1. The highest BCUT2D eigenvalue weighted by Crippen LogP contribution is 2.60. The van der Waals surface area contributed by atoms with E-state index in [0.717, 1.165) is 12.8 Å². The molecule has 0 aromatic rings. The van der Waals surface area contributed by atoms with Crippen LogP contribution in [-0.2, 0) is 14.3 Å². The lowest BCUT2D eigenvalue weighted by Gasteiger charge is -2.41. The minimum absolute atomic E-state index is 0.190. The van der Waals surface area contributed by atoms with Gasteiger partial charge >= 0.3 is 5.97 Å². The molecule has 2 aliphatic heterocycles. The molecule has 0 aromatic carbocycles. The van der Waals surface area contributed by atoms with Crippen LogP contribution in [0.25, 0.3) is 0 Å². The van der Waals surface area contributed by atoms with Crippen LogP contribution < -0.4 is 0 Å². The molecule has 4 rings (SSSR count). The number of hydrogen-bond acceptors (Lipinski definition) is 4. The molecule has 20 heavy (non-hydrogen) atoms. The van der Waals surface area contributed by atoms with Crippen molar-refractivity contribution in [2.24, 2.45) is 23.2 Å². The van der Waals surface area contributed by atoms with Gasteiger partial charge in [-0.2, -0.15) is 0 Å².